The van der Waals surface area contributed by atoms with Crippen molar-refractivity contribution < 1.29 is 12.4 Å². The highest BCUT2D eigenvalue weighted by Gasteiger charge is 2.12. The molecular weight excluding hydrogens is 204 g/mol. The second-order valence-electron chi connectivity index (χ2n) is 4.18. The third-order valence-electron chi connectivity index (χ3n) is 1.43. The minimum Gasteiger partial charge on any atom is -0.444 e. The Morgan fingerprint density at radius 2 is 1.94 bits per heavy atom. The van der Waals surface area contributed by atoms with Gasteiger partial charge < -0.3 is 16.2 Å². The van der Waals surface area contributed by atoms with Gasteiger partial charge in [0.05, 0.1) is 0 Å². The van der Waals surface area contributed by atoms with Crippen LogP contribution in [0.3, 0.4) is 0 Å². The fourth-order valence-electron chi connectivity index (χ4n) is 0.885. The molecule has 0 fully saturated rings. The predicted molar refractivity (Wildman–Crippen MR) is 64.8 cm³/mol. The van der Waals surface area contributed by atoms with E-state index in [-0.39, 0.29) is 0 Å². The van der Waals surface area contributed by atoms with Gasteiger partial charge in [0.25, 0.3) is 0 Å². The minimum absolute atomic E-state index is 0.362. The van der Waals surface area contributed by atoms with Gasteiger partial charge in [-0.05, 0) is 26.3 Å². The van der Waals surface area contributed by atoms with Crippen molar-refractivity contribution in [2.75, 3.05) is 0 Å². The maximum Gasteiger partial charge on any atom is 0.405 e. The normalized spacial score (nSPS) is 12.0. The van der Waals surface area contributed by atoms with E-state index in [4.69, 9.17) is 8.56 Å². The number of benzene rings is 1. The van der Waals surface area contributed by atoms with Crippen molar-refractivity contribution >= 4 is 6.09 Å². The van der Waals surface area contributed by atoms with Crippen LogP contribution in [0.1, 0.15) is 26.3 Å². The first-order valence-electron chi connectivity index (χ1n) is 5.88. The molecule has 0 spiro atoms. The molecular formula is C12H20N2O2. The monoisotopic (exact) mass is 226 g/mol. The lowest BCUT2D eigenvalue weighted by Gasteiger charge is -2.16. The van der Waals surface area contributed by atoms with Crippen LogP contribution in [0.4, 0.5) is 4.79 Å². The molecule has 4 N–H and O–H groups in total. The Labute approximate surface area is 99.5 Å². The van der Waals surface area contributed by atoms with Gasteiger partial charge in [-0.2, -0.15) is 0 Å². The molecule has 0 unspecified atom stereocenters. The van der Waals surface area contributed by atoms with Gasteiger partial charge in [-0.25, -0.2) is 4.79 Å². The molecule has 16 heavy (non-hydrogen) atoms. The summed E-state index contributed by atoms with van der Waals surface area (Å²) in [6, 6.07) is 9.52. The summed E-state index contributed by atoms with van der Waals surface area (Å²) in [5.41, 5.74) is 5.92. The molecule has 0 saturated carbocycles. The first-order chi connectivity index (χ1) is 8.20. The molecule has 4 heteroatoms. The summed E-state index contributed by atoms with van der Waals surface area (Å²) in [6.45, 7) is 5.65. The number of carbonyl (C=O) groups is 1. The fourth-order valence-corrected chi connectivity index (χ4v) is 0.885. The van der Waals surface area contributed by atoms with E-state index in [1.54, 1.807) is 20.8 Å². The number of ether oxygens (including phenoxy) is 1. The van der Waals surface area contributed by atoms with Gasteiger partial charge in [0.2, 0.25) is 0 Å². The molecule has 1 rings (SSSR count). The third kappa shape index (κ3) is 9.02. The van der Waals surface area contributed by atoms with Gasteiger partial charge in [0.15, 0.2) is 0 Å². The molecule has 0 saturated heterocycles. The van der Waals surface area contributed by atoms with Crippen LogP contribution in [0.25, 0.3) is 0 Å². The standard InChI is InChI=1S/C7H9N.C5H11NO2/c8-6-7-4-2-1-3-5-7;1-5(2,3)8-4(6)7/h1-5H,6,8H2;1-3H3,(H2,6,7)/i/hD2. The van der Waals surface area contributed by atoms with Crippen molar-refractivity contribution in [1.29, 1.82) is 0 Å². The zero-order valence-corrected chi connectivity index (χ0v) is 9.93. The zero-order valence-electron chi connectivity index (χ0n) is 11.9. The Bertz CT molecular complexity index is 351. The first kappa shape index (κ1) is 11.0. The minimum atomic E-state index is -0.725. The van der Waals surface area contributed by atoms with Crippen molar-refractivity contribution in [1.82, 2.24) is 0 Å². The van der Waals surface area contributed by atoms with Gasteiger partial charge in [-0.1, -0.05) is 30.3 Å². The van der Waals surface area contributed by atoms with E-state index >= 15 is 0 Å². The maximum atomic E-state index is 10.0. The number of rotatable bonds is 2. The van der Waals surface area contributed by atoms with Gasteiger partial charge in [0.1, 0.15) is 8.42 Å². The van der Waals surface area contributed by atoms with Crippen molar-refractivity contribution in [2.45, 2.75) is 32.9 Å². The highest BCUT2D eigenvalue weighted by molar-refractivity contribution is 5.65. The molecule has 0 bridgehead atoms. The number of hydrogen-bond acceptors (Lipinski definition) is 3. The predicted octanol–water partition coefficient (Wildman–Crippen LogP) is 2.03. The molecule has 0 heterocycles. The summed E-state index contributed by atoms with van der Waals surface area (Å²) in [6.07, 6.45) is -0.725. The summed E-state index contributed by atoms with van der Waals surface area (Å²) in [5, 5.41) is 0. The van der Waals surface area contributed by atoms with Crippen LogP contribution >= 0.6 is 0 Å². The zero-order chi connectivity index (χ0) is 14.2. The Kier molecular flexibility index (Phi) is 4.69. The topological polar surface area (TPSA) is 78.3 Å². The quantitative estimate of drug-likeness (QED) is 0.809. The summed E-state index contributed by atoms with van der Waals surface area (Å²) < 4.78 is 18.2. The van der Waals surface area contributed by atoms with Crippen LogP contribution in [0, 0.1) is 0 Å². The Hall–Kier alpha value is -1.55. The van der Waals surface area contributed by atoms with Crippen LogP contribution < -0.4 is 11.5 Å². The van der Waals surface area contributed by atoms with Crippen LogP contribution in [-0.4, -0.2) is 11.7 Å². The number of nitrogens with two attached hydrogens (primary N) is 2. The molecule has 1 aromatic rings. The molecule has 0 aromatic heterocycles. The molecule has 4 nitrogen and oxygen atoms in total. The molecule has 1 aromatic carbocycles. The summed E-state index contributed by atoms with van der Waals surface area (Å²) in [5.74, 6) is 0. The Morgan fingerprint density at radius 3 is 2.25 bits per heavy atom. The van der Waals surface area contributed by atoms with Crippen molar-refractivity contribution in [3.8, 4) is 0 Å². The second-order valence-corrected chi connectivity index (χ2v) is 4.18. The number of hydrogen-bond donors (Lipinski definition) is 2. The van der Waals surface area contributed by atoms with E-state index in [1.165, 1.54) is 0 Å². The highest BCUT2D eigenvalue weighted by atomic mass is 16.6. The summed E-state index contributed by atoms with van der Waals surface area (Å²) in [7, 11) is 0. The van der Waals surface area contributed by atoms with Gasteiger partial charge >= 0.3 is 6.09 Å². The van der Waals surface area contributed by atoms with E-state index < -0.39 is 11.7 Å². The Morgan fingerprint density at radius 1 is 1.38 bits per heavy atom. The Balaban J connectivity index is 0.000000331. The van der Waals surface area contributed by atoms with Crippen LogP contribution in [0.5, 0.6) is 0 Å². The van der Waals surface area contributed by atoms with Crippen molar-refractivity contribution in [3.05, 3.63) is 35.9 Å². The summed E-state index contributed by atoms with van der Waals surface area (Å²) in [4.78, 5) is 10.0. The van der Waals surface area contributed by atoms with Crippen LogP contribution in [-0.2, 0) is 11.3 Å². The molecule has 0 aliphatic carbocycles. The molecule has 0 radical (unpaired) electrons. The highest BCUT2D eigenvalue weighted by Crippen LogP contribution is 2.04. The van der Waals surface area contributed by atoms with Crippen LogP contribution in [0.15, 0.2) is 30.3 Å². The smallest absolute Gasteiger partial charge is 0.405 e. The van der Waals surface area contributed by atoms with E-state index in [0.29, 0.717) is 12.3 Å². The van der Waals surface area contributed by atoms with E-state index in [2.05, 4.69) is 4.74 Å². The number of primary amides is 1. The molecule has 0 aliphatic rings. The second kappa shape index (κ2) is 6.85. The van der Waals surface area contributed by atoms with Gasteiger partial charge in [0, 0.05) is 6.54 Å². The summed E-state index contributed by atoms with van der Waals surface area (Å²) >= 11 is 0. The lowest BCUT2D eigenvalue weighted by Crippen LogP contribution is -2.27. The number of amides is 1. The maximum absolute atomic E-state index is 10.0. The average molecular weight is 226 g/mol. The lowest BCUT2D eigenvalue weighted by molar-refractivity contribution is 0.0600. The first-order valence-corrected chi connectivity index (χ1v) is 4.98. The fraction of sp³-hybridized carbons (Fsp3) is 0.417. The van der Waals surface area contributed by atoms with Crippen LogP contribution in [0.2, 0.25) is 2.82 Å². The molecule has 90 valence electrons. The molecule has 0 atom stereocenters. The van der Waals surface area contributed by atoms with Crippen molar-refractivity contribution in [3.63, 3.8) is 0 Å². The average Bonchev–Trinajstić information content (AvgIpc) is 2.14. The van der Waals surface area contributed by atoms with Gasteiger partial charge in [-0.15, -0.1) is 0 Å². The van der Waals surface area contributed by atoms with E-state index in [0.717, 1.165) is 5.56 Å². The molecule has 1 amide bonds. The van der Waals surface area contributed by atoms with E-state index in [9.17, 15) is 4.79 Å². The van der Waals surface area contributed by atoms with E-state index in [1.807, 2.05) is 30.3 Å². The molecule has 0 aliphatic heterocycles. The lowest BCUT2D eigenvalue weighted by atomic mass is 10.2. The van der Waals surface area contributed by atoms with Crippen molar-refractivity contribution in [2.24, 2.45) is 11.5 Å². The number of carbonyl (C=O) groups excluding carboxylic acids is 1. The van der Waals surface area contributed by atoms with Gasteiger partial charge in [-0.3, -0.25) is 0 Å². The third-order valence-corrected chi connectivity index (χ3v) is 1.43. The SMILES string of the molecule is CC(C)(C)OC(N)=O.[2H]N([2H])Cc1ccccc1. The largest absolute Gasteiger partial charge is 0.444 e.